The molecule has 136 valence electrons. The largest absolute Gasteiger partial charge is 0.378 e. The van der Waals surface area contributed by atoms with Crippen molar-refractivity contribution in [1.29, 1.82) is 0 Å². The Kier molecular flexibility index (Phi) is 5.74. The highest BCUT2D eigenvalue weighted by Gasteiger charge is 2.21. The van der Waals surface area contributed by atoms with Crippen molar-refractivity contribution in [2.75, 3.05) is 25.5 Å². The zero-order chi connectivity index (χ0) is 18.5. The van der Waals surface area contributed by atoms with E-state index in [9.17, 15) is 4.79 Å². The van der Waals surface area contributed by atoms with E-state index in [1.54, 1.807) is 6.08 Å². The summed E-state index contributed by atoms with van der Waals surface area (Å²) in [5.74, 6) is -0.413. The van der Waals surface area contributed by atoms with Crippen molar-refractivity contribution in [3.8, 4) is 0 Å². The molecule has 2 aromatic carbocycles. The van der Waals surface area contributed by atoms with E-state index in [0.29, 0.717) is 6.04 Å². The smallest absolute Gasteiger partial charge is 0.241 e. The maximum atomic E-state index is 10.9. The summed E-state index contributed by atoms with van der Waals surface area (Å²) in [5.41, 5.74) is 11.5. The molecule has 0 saturated carbocycles. The van der Waals surface area contributed by atoms with E-state index in [2.05, 4.69) is 66.8 Å². The zero-order valence-corrected chi connectivity index (χ0v) is 15.5. The van der Waals surface area contributed by atoms with Gasteiger partial charge in [-0.1, -0.05) is 30.3 Å². The van der Waals surface area contributed by atoms with Gasteiger partial charge in [0, 0.05) is 31.9 Å². The van der Waals surface area contributed by atoms with Gasteiger partial charge in [0.15, 0.2) is 0 Å². The van der Waals surface area contributed by atoms with Crippen molar-refractivity contribution in [3.05, 3.63) is 70.8 Å². The minimum Gasteiger partial charge on any atom is -0.378 e. The molecule has 4 heteroatoms. The van der Waals surface area contributed by atoms with Gasteiger partial charge < -0.3 is 16.0 Å². The molecule has 2 aromatic rings. The van der Waals surface area contributed by atoms with Crippen LogP contribution in [0.2, 0.25) is 0 Å². The minimum absolute atomic E-state index is 0.413. The van der Waals surface area contributed by atoms with Crippen molar-refractivity contribution < 1.29 is 4.79 Å². The number of nitrogens with one attached hydrogen (secondary N) is 1. The van der Waals surface area contributed by atoms with Crippen LogP contribution in [-0.2, 0) is 17.6 Å². The lowest BCUT2D eigenvalue weighted by Crippen LogP contribution is -2.21. The molecule has 3 rings (SSSR count). The molecule has 0 fully saturated rings. The Morgan fingerprint density at radius 2 is 2.00 bits per heavy atom. The van der Waals surface area contributed by atoms with Gasteiger partial charge in [-0.2, -0.15) is 0 Å². The standard InChI is InChI=1S/C22H27N3O/c1-25(2)19-8-3-16(4-9-19)13-14-24-21-11-7-18-15-17(5-10-20(18)21)6-12-22(23)26/h3-6,8-10,12,15,21,24H,7,11,13-14H2,1-2H3,(H2,23,26)/b12-6+. The third-order valence-electron chi connectivity index (χ3n) is 4.94. The SMILES string of the molecule is CN(C)c1ccc(CCNC2CCc3cc(/C=C/C(N)=O)ccc32)cc1. The van der Waals surface area contributed by atoms with Crippen molar-refractivity contribution in [1.82, 2.24) is 5.32 Å². The number of carbonyl (C=O) groups is 1. The van der Waals surface area contributed by atoms with Crippen LogP contribution in [0.25, 0.3) is 6.08 Å². The lowest BCUT2D eigenvalue weighted by atomic mass is 10.0. The molecule has 26 heavy (non-hydrogen) atoms. The van der Waals surface area contributed by atoms with Crippen LogP contribution < -0.4 is 16.0 Å². The van der Waals surface area contributed by atoms with Gasteiger partial charge in [0.1, 0.15) is 0 Å². The average molecular weight is 349 g/mol. The number of hydrogen-bond acceptors (Lipinski definition) is 3. The fourth-order valence-corrected chi connectivity index (χ4v) is 3.48. The first-order valence-corrected chi connectivity index (χ1v) is 9.13. The van der Waals surface area contributed by atoms with Crippen LogP contribution in [0.3, 0.4) is 0 Å². The Morgan fingerprint density at radius 1 is 1.23 bits per heavy atom. The second kappa shape index (κ2) is 8.19. The van der Waals surface area contributed by atoms with E-state index in [1.165, 1.54) is 28.5 Å². The van der Waals surface area contributed by atoms with Crippen molar-refractivity contribution >= 4 is 17.7 Å². The summed E-state index contributed by atoms with van der Waals surface area (Å²) < 4.78 is 0. The second-order valence-electron chi connectivity index (χ2n) is 7.05. The Balaban J connectivity index is 1.55. The van der Waals surface area contributed by atoms with Gasteiger partial charge in [0.05, 0.1) is 0 Å². The summed E-state index contributed by atoms with van der Waals surface area (Å²) in [5, 5.41) is 3.69. The van der Waals surface area contributed by atoms with Crippen molar-refractivity contribution in [2.24, 2.45) is 5.73 Å². The fourth-order valence-electron chi connectivity index (χ4n) is 3.48. The first-order valence-electron chi connectivity index (χ1n) is 9.13. The summed E-state index contributed by atoms with van der Waals surface area (Å²) in [6, 6.07) is 15.6. The Bertz CT molecular complexity index is 794. The lowest BCUT2D eigenvalue weighted by Gasteiger charge is -2.15. The summed E-state index contributed by atoms with van der Waals surface area (Å²) in [4.78, 5) is 13.0. The van der Waals surface area contributed by atoms with E-state index in [1.807, 2.05) is 0 Å². The van der Waals surface area contributed by atoms with E-state index in [4.69, 9.17) is 5.73 Å². The number of primary amides is 1. The normalized spacial score (nSPS) is 16.0. The Hall–Kier alpha value is -2.59. The Labute approximate surface area is 155 Å². The molecule has 0 heterocycles. The molecular weight excluding hydrogens is 322 g/mol. The monoisotopic (exact) mass is 349 g/mol. The summed E-state index contributed by atoms with van der Waals surface area (Å²) in [7, 11) is 4.12. The number of nitrogens with zero attached hydrogens (tertiary/aromatic N) is 1. The number of rotatable bonds is 7. The number of benzene rings is 2. The van der Waals surface area contributed by atoms with Crippen molar-refractivity contribution in [3.63, 3.8) is 0 Å². The summed E-state index contributed by atoms with van der Waals surface area (Å²) in [6.07, 6.45) is 6.41. The van der Waals surface area contributed by atoms with Gasteiger partial charge in [-0.05, 0) is 66.3 Å². The van der Waals surface area contributed by atoms with E-state index < -0.39 is 5.91 Å². The molecule has 0 aliphatic heterocycles. The number of hydrogen-bond donors (Lipinski definition) is 2. The highest BCUT2D eigenvalue weighted by Crippen LogP contribution is 2.32. The topological polar surface area (TPSA) is 58.4 Å². The summed E-state index contributed by atoms with van der Waals surface area (Å²) >= 11 is 0. The highest BCUT2D eigenvalue weighted by atomic mass is 16.1. The molecule has 4 nitrogen and oxygen atoms in total. The van der Waals surface area contributed by atoms with E-state index in [-0.39, 0.29) is 0 Å². The number of nitrogens with two attached hydrogens (primary N) is 1. The second-order valence-corrected chi connectivity index (χ2v) is 7.05. The number of amides is 1. The van der Waals surface area contributed by atoms with Gasteiger partial charge in [-0.15, -0.1) is 0 Å². The highest BCUT2D eigenvalue weighted by molar-refractivity contribution is 5.90. The molecule has 0 spiro atoms. The quantitative estimate of drug-likeness (QED) is 0.755. The van der Waals surface area contributed by atoms with Crippen LogP contribution in [0.4, 0.5) is 5.69 Å². The molecule has 1 aliphatic carbocycles. The lowest BCUT2D eigenvalue weighted by molar-refractivity contribution is -0.113. The average Bonchev–Trinajstić information content (AvgIpc) is 3.03. The first-order chi connectivity index (χ1) is 12.5. The van der Waals surface area contributed by atoms with Crippen LogP contribution in [0.5, 0.6) is 0 Å². The van der Waals surface area contributed by atoms with Gasteiger partial charge in [-0.25, -0.2) is 0 Å². The third kappa shape index (κ3) is 4.52. The van der Waals surface area contributed by atoms with Crippen LogP contribution in [0.1, 0.15) is 34.7 Å². The van der Waals surface area contributed by atoms with Gasteiger partial charge in [-0.3, -0.25) is 4.79 Å². The molecule has 1 atom stereocenters. The molecule has 0 radical (unpaired) electrons. The van der Waals surface area contributed by atoms with Crippen LogP contribution in [0.15, 0.2) is 48.5 Å². The molecule has 1 amide bonds. The molecule has 1 aliphatic rings. The molecule has 0 bridgehead atoms. The molecule has 3 N–H and O–H groups in total. The predicted octanol–water partition coefficient (Wildman–Crippen LogP) is 3.07. The van der Waals surface area contributed by atoms with Crippen molar-refractivity contribution in [2.45, 2.75) is 25.3 Å². The molecular formula is C22H27N3O. The van der Waals surface area contributed by atoms with E-state index >= 15 is 0 Å². The molecule has 0 saturated heterocycles. The fraction of sp³-hybridized carbons (Fsp3) is 0.318. The Morgan fingerprint density at radius 3 is 2.69 bits per heavy atom. The van der Waals surface area contributed by atoms with Gasteiger partial charge >= 0.3 is 0 Å². The minimum atomic E-state index is -0.413. The number of fused-ring (bicyclic) bond motifs is 1. The van der Waals surface area contributed by atoms with Crippen LogP contribution >= 0.6 is 0 Å². The number of aryl methyl sites for hydroxylation is 1. The van der Waals surface area contributed by atoms with Crippen LogP contribution in [0, 0.1) is 0 Å². The third-order valence-corrected chi connectivity index (χ3v) is 4.94. The molecule has 0 aromatic heterocycles. The maximum Gasteiger partial charge on any atom is 0.241 e. The number of anilines is 1. The van der Waals surface area contributed by atoms with Gasteiger partial charge in [0.2, 0.25) is 5.91 Å². The van der Waals surface area contributed by atoms with Crippen LogP contribution in [-0.4, -0.2) is 26.5 Å². The van der Waals surface area contributed by atoms with E-state index in [0.717, 1.165) is 31.4 Å². The summed E-state index contributed by atoms with van der Waals surface area (Å²) in [6.45, 7) is 0.967. The first kappa shape index (κ1) is 18.2. The van der Waals surface area contributed by atoms with Gasteiger partial charge in [0.25, 0.3) is 0 Å². The number of carbonyl (C=O) groups excluding carboxylic acids is 1. The predicted molar refractivity (Wildman–Crippen MR) is 108 cm³/mol. The maximum absolute atomic E-state index is 10.9. The molecule has 1 unspecified atom stereocenters. The zero-order valence-electron chi connectivity index (χ0n) is 15.5.